The normalized spacial score (nSPS) is 10.5. The summed E-state index contributed by atoms with van der Waals surface area (Å²) < 4.78 is 12.0. The summed E-state index contributed by atoms with van der Waals surface area (Å²) >= 11 is 0. The number of benzene rings is 3. The van der Waals surface area contributed by atoms with E-state index in [1.807, 2.05) is 91.0 Å². The second-order valence-electron chi connectivity index (χ2n) is 7.01. The van der Waals surface area contributed by atoms with Crippen molar-refractivity contribution in [3.63, 3.8) is 0 Å². The van der Waals surface area contributed by atoms with Gasteiger partial charge in [-0.3, -0.25) is 4.79 Å². The van der Waals surface area contributed by atoms with Crippen LogP contribution in [0.2, 0.25) is 0 Å². The summed E-state index contributed by atoms with van der Waals surface area (Å²) in [6, 6.07) is 28.0. The number of aromatic nitrogens is 2. The van der Waals surface area contributed by atoms with E-state index in [0.717, 1.165) is 5.56 Å². The molecule has 0 aliphatic carbocycles. The molecule has 0 saturated heterocycles. The lowest BCUT2D eigenvalue weighted by molar-refractivity contribution is 0.0598. The molecule has 160 valence electrons. The molecule has 0 aliphatic rings. The maximum atomic E-state index is 13.3. The number of ether oxygens (including phenoxy) is 2. The number of carbonyl (C=O) groups is 1. The molecule has 0 spiro atoms. The fourth-order valence-corrected chi connectivity index (χ4v) is 3.46. The third kappa shape index (κ3) is 4.44. The standard InChI is InChI=1S/C26H22N2O4/c1-31-26(30)23-22(19-11-5-2-6-12-19)24(20-13-7-3-8-14-20)27-28(25(23)29)17-18-32-21-15-9-4-10-16-21/h2-16H,17-18H2,1H3. The third-order valence-corrected chi connectivity index (χ3v) is 4.97. The minimum atomic E-state index is -0.703. The molecule has 3 aromatic carbocycles. The first-order valence-corrected chi connectivity index (χ1v) is 10.2. The molecule has 0 amide bonds. The van der Waals surface area contributed by atoms with Gasteiger partial charge >= 0.3 is 5.97 Å². The molecule has 32 heavy (non-hydrogen) atoms. The molecule has 4 rings (SSSR count). The summed E-state index contributed by atoms with van der Waals surface area (Å²) in [5.74, 6) is -0.0101. The van der Waals surface area contributed by atoms with Crippen molar-refractivity contribution in [2.45, 2.75) is 6.54 Å². The van der Waals surface area contributed by atoms with Crippen molar-refractivity contribution in [1.29, 1.82) is 0 Å². The number of hydrogen-bond donors (Lipinski definition) is 0. The van der Waals surface area contributed by atoms with Gasteiger partial charge in [-0.05, 0) is 17.7 Å². The van der Waals surface area contributed by atoms with Gasteiger partial charge in [0.1, 0.15) is 17.9 Å². The monoisotopic (exact) mass is 426 g/mol. The van der Waals surface area contributed by atoms with Gasteiger partial charge in [0, 0.05) is 11.1 Å². The van der Waals surface area contributed by atoms with Crippen LogP contribution in [0.15, 0.2) is 95.8 Å². The SMILES string of the molecule is COC(=O)c1c(-c2ccccc2)c(-c2ccccc2)nn(CCOc2ccccc2)c1=O. The van der Waals surface area contributed by atoms with Gasteiger partial charge in [0.15, 0.2) is 0 Å². The zero-order chi connectivity index (χ0) is 22.3. The van der Waals surface area contributed by atoms with Gasteiger partial charge in [-0.2, -0.15) is 5.10 Å². The molecule has 6 heteroatoms. The quantitative estimate of drug-likeness (QED) is 0.409. The fourth-order valence-electron chi connectivity index (χ4n) is 3.46. The van der Waals surface area contributed by atoms with Crippen LogP contribution >= 0.6 is 0 Å². The summed E-state index contributed by atoms with van der Waals surface area (Å²) in [6.07, 6.45) is 0. The van der Waals surface area contributed by atoms with Gasteiger partial charge in [-0.1, -0.05) is 78.9 Å². The van der Waals surface area contributed by atoms with E-state index in [0.29, 0.717) is 22.6 Å². The van der Waals surface area contributed by atoms with Gasteiger partial charge in [-0.25, -0.2) is 9.48 Å². The Bertz CT molecular complexity index is 1250. The van der Waals surface area contributed by atoms with Crippen LogP contribution in [0.3, 0.4) is 0 Å². The van der Waals surface area contributed by atoms with E-state index in [1.54, 1.807) is 0 Å². The molecule has 0 unspecified atom stereocenters. The van der Waals surface area contributed by atoms with E-state index in [4.69, 9.17) is 9.47 Å². The fraction of sp³-hybridized carbons (Fsp3) is 0.115. The Labute approximate surface area is 185 Å². The van der Waals surface area contributed by atoms with Gasteiger partial charge in [0.05, 0.1) is 19.3 Å². The van der Waals surface area contributed by atoms with Crippen LogP contribution in [0.4, 0.5) is 0 Å². The Hall–Kier alpha value is -4.19. The second kappa shape index (κ2) is 9.75. The summed E-state index contributed by atoms with van der Waals surface area (Å²) in [7, 11) is 1.27. The molecule has 0 fully saturated rings. The van der Waals surface area contributed by atoms with Crippen LogP contribution in [-0.4, -0.2) is 29.5 Å². The number of carbonyl (C=O) groups excluding carboxylic acids is 1. The van der Waals surface area contributed by atoms with Gasteiger partial charge in [0.2, 0.25) is 0 Å². The largest absolute Gasteiger partial charge is 0.492 e. The maximum Gasteiger partial charge on any atom is 0.344 e. The predicted molar refractivity (Wildman–Crippen MR) is 123 cm³/mol. The Kier molecular flexibility index (Phi) is 6.41. The topological polar surface area (TPSA) is 70.4 Å². The summed E-state index contributed by atoms with van der Waals surface area (Å²) in [6.45, 7) is 0.392. The van der Waals surface area contributed by atoms with Crippen LogP contribution in [0.25, 0.3) is 22.4 Å². The molecule has 0 atom stereocenters. The molecule has 0 aliphatic heterocycles. The highest BCUT2D eigenvalue weighted by molar-refractivity contribution is 6.00. The lowest BCUT2D eigenvalue weighted by atomic mass is 9.95. The molecule has 6 nitrogen and oxygen atoms in total. The van der Waals surface area contributed by atoms with Crippen molar-refractivity contribution in [1.82, 2.24) is 9.78 Å². The first-order valence-electron chi connectivity index (χ1n) is 10.2. The summed E-state index contributed by atoms with van der Waals surface area (Å²) in [5, 5.41) is 4.64. The molecule has 0 saturated carbocycles. The van der Waals surface area contributed by atoms with Crippen LogP contribution in [0.5, 0.6) is 5.75 Å². The molecule has 0 N–H and O–H groups in total. The average Bonchev–Trinajstić information content (AvgIpc) is 2.86. The first kappa shape index (κ1) is 21.1. The molecule has 1 heterocycles. The van der Waals surface area contributed by atoms with Crippen LogP contribution in [0, 0.1) is 0 Å². The molecule has 0 radical (unpaired) electrons. The zero-order valence-electron chi connectivity index (χ0n) is 17.6. The van der Waals surface area contributed by atoms with E-state index in [9.17, 15) is 9.59 Å². The Morgan fingerprint density at radius 3 is 2.00 bits per heavy atom. The van der Waals surface area contributed by atoms with Crippen molar-refractivity contribution in [2.75, 3.05) is 13.7 Å². The minimum Gasteiger partial charge on any atom is -0.492 e. The molecule has 4 aromatic rings. The van der Waals surface area contributed by atoms with Crippen LogP contribution < -0.4 is 10.3 Å². The molecular weight excluding hydrogens is 404 g/mol. The average molecular weight is 426 g/mol. The maximum absolute atomic E-state index is 13.3. The van der Waals surface area contributed by atoms with E-state index in [2.05, 4.69) is 5.10 Å². The minimum absolute atomic E-state index is 0.0488. The van der Waals surface area contributed by atoms with Crippen molar-refractivity contribution < 1.29 is 14.3 Å². The number of esters is 1. The lowest BCUT2D eigenvalue weighted by Crippen LogP contribution is -2.32. The van der Waals surface area contributed by atoms with Gasteiger partial charge < -0.3 is 9.47 Å². The summed E-state index contributed by atoms with van der Waals surface area (Å²) in [5.41, 5.74) is 1.91. The number of hydrogen-bond acceptors (Lipinski definition) is 5. The van der Waals surface area contributed by atoms with Crippen molar-refractivity contribution in [2.24, 2.45) is 0 Å². The van der Waals surface area contributed by atoms with Crippen LogP contribution in [0.1, 0.15) is 10.4 Å². The van der Waals surface area contributed by atoms with Gasteiger partial charge in [0.25, 0.3) is 5.56 Å². The second-order valence-corrected chi connectivity index (χ2v) is 7.01. The highest BCUT2D eigenvalue weighted by Crippen LogP contribution is 2.32. The first-order chi connectivity index (χ1) is 15.7. The van der Waals surface area contributed by atoms with Crippen molar-refractivity contribution in [3.8, 4) is 28.1 Å². The Morgan fingerprint density at radius 1 is 0.844 bits per heavy atom. The Balaban J connectivity index is 1.85. The molecule has 0 bridgehead atoms. The van der Waals surface area contributed by atoms with Crippen molar-refractivity contribution >= 4 is 5.97 Å². The Morgan fingerprint density at radius 2 is 1.41 bits per heavy atom. The number of nitrogens with zero attached hydrogens (tertiary/aromatic N) is 2. The number of para-hydroxylation sites is 1. The van der Waals surface area contributed by atoms with Crippen molar-refractivity contribution in [3.05, 3.63) is 107 Å². The summed E-state index contributed by atoms with van der Waals surface area (Å²) in [4.78, 5) is 26.1. The van der Waals surface area contributed by atoms with E-state index in [-0.39, 0.29) is 18.7 Å². The highest BCUT2D eigenvalue weighted by Gasteiger charge is 2.25. The smallest absolute Gasteiger partial charge is 0.344 e. The van der Waals surface area contributed by atoms with E-state index >= 15 is 0 Å². The zero-order valence-corrected chi connectivity index (χ0v) is 17.6. The molecular formula is C26H22N2O4. The van der Waals surface area contributed by atoms with E-state index < -0.39 is 11.5 Å². The predicted octanol–water partition coefficient (Wildman–Crippen LogP) is 4.44. The highest BCUT2D eigenvalue weighted by atomic mass is 16.5. The third-order valence-electron chi connectivity index (χ3n) is 4.97. The number of methoxy groups -OCH3 is 1. The molecule has 1 aromatic heterocycles. The van der Waals surface area contributed by atoms with Crippen LogP contribution in [-0.2, 0) is 11.3 Å². The number of rotatable bonds is 7. The van der Waals surface area contributed by atoms with Gasteiger partial charge in [-0.15, -0.1) is 0 Å². The lowest BCUT2D eigenvalue weighted by Gasteiger charge is -2.16. The van der Waals surface area contributed by atoms with E-state index in [1.165, 1.54) is 11.8 Å².